The minimum atomic E-state index is 0.847. The fraction of sp³-hybridized carbons (Fsp3) is 0.0638. The zero-order valence-electron chi connectivity index (χ0n) is 28.9. The van der Waals surface area contributed by atoms with Gasteiger partial charge in [0.2, 0.25) is 0 Å². The second kappa shape index (κ2) is 14.1. The second-order valence-electron chi connectivity index (χ2n) is 12.9. The third kappa shape index (κ3) is 6.27. The number of para-hydroxylation sites is 1. The molecule has 0 saturated carbocycles. The lowest BCUT2D eigenvalue weighted by Crippen LogP contribution is -1.94. The number of hydrogen-bond donors (Lipinski definition) is 1. The molecule has 0 radical (unpaired) electrons. The van der Waals surface area contributed by atoms with Crippen molar-refractivity contribution in [2.75, 3.05) is 12.0 Å². The summed E-state index contributed by atoms with van der Waals surface area (Å²) < 4.78 is 2.39. The number of hydrogen-bond acceptors (Lipinski definition) is 3. The molecular formula is C47H38N2S2. The van der Waals surface area contributed by atoms with Crippen LogP contribution in [0.25, 0.3) is 60.2 Å². The Kier molecular flexibility index (Phi) is 9.04. The van der Waals surface area contributed by atoms with Gasteiger partial charge < -0.3 is 10.3 Å². The molecule has 1 aromatic heterocycles. The summed E-state index contributed by atoms with van der Waals surface area (Å²) in [6, 6.07) is 58.4. The molecule has 0 unspecified atom stereocenters. The normalized spacial score (nSPS) is 11.3. The number of benzene rings is 8. The summed E-state index contributed by atoms with van der Waals surface area (Å²) in [5.74, 6) is 0. The van der Waals surface area contributed by atoms with Crippen molar-refractivity contribution in [3.8, 4) is 16.8 Å². The topological polar surface area (TPSA) is 30.9 Å². The lowest BCUT2D eigenvalue weighted by molar-refractivity contribution is 1.17. The van der Waals surface area contributed by atoms with Gasteiger partial charge in [-0.05, 0) is 107 Å². The molecular weight excluding hydrogens is 657 g/mol. The Labute approximate surface area is 307 Å². The molecule has 51 heavy (non-hydrogen) atoms. The fourth-order valence-electron chi connectivity index (χ4n) is 7.04. The van der Waals surface area contributed by atoms with Crippen molar-refractivity contribution in [3.05, 3.63) is 175 Å². The number of nitrogens with two attached hydrogens (primary N) is 1. The van der Waals surface area contributed by atoms with Crippen molar-refractivity contribution in [2.24, 2.45) is 0 Å². The first-order valence-corrected chi connectivity index (χ1v) is 19.2. The number of anilines is 1. The maximum absolute atomic E-state index is 6.33. The van der Waals surface area contributed by atoms with E-state index in [1.165, 1.54) is 81.1 Å². The standard InChI is InChI=1S/C26H21NS.C21H17NS/c1-18-12-15-20(16-13-18)27-23-11-7-6-10-22(23)25-24(27)17-14-19(2)26(25)28-21-8-4-3-5-9-21;1-23-21-18-9-5-4-8-17(18)19(13-20(21)22)16-11-10-14-6-2-3-7-15(14)12-16/h3-17H,1-2H3;2-13H,22H2,1H3. The van der Waals surface area contributed by atoms with Gasteiger partial charge in [-0.3, -0.25) is 0 Å². The first-order valence-electron chi connectivity index (χ1n) is 17.2. The van der Waals surface area contributed by atoms with E-state index < -0.39 is 0 Å². The van der Waals surface area contributed by atoms with E-state index in [9.17, 15) is 0 Å². The Morgan fingerprint density at radius 1 is 0.529 bits per heavy atom. The van der Waals surface area contributed by atoms with Gasteiger partial charge in [0.25, 0.3) is 0 Å². The molecule has 2 nitrogen and oxygen atoms in total. The third-order valence-electron chi connectivity index (χ3n) is 9.53. The van der Waals surface area contributed by atoms with Crippen LogP contribution < -0.4 is 5.73 Å². The Balaban J connectivity index is 0.000000150. The van der Waals surface area contributed by atoms with Gasteiger partial charge in [0.1, 0.15) is 0 Å². The number of fused-ring (bicyclic) bond motifs is 5. The van der Waals surface area contributed by atoms with Gasteiger partial charge in [-0.1, -0.05) is 133 Å². The number of nitrogen functional groups attached to an aromatic ring is 1. The number of rotatable bonds is 5. The van der Waals surface area contributed by atoms with Crippen LogP contribution in [-0.2, 0) is 0 Å². The van der Waals surface area contributed by atoms with Gasteiger partial charge in [-0.2, -0.15) is 0 Å². The van der Waals surface area contributed by atoms with Crippen LogP contribution in [0.2, 0.25) is 0 Å². The van der Waals surface area contributed by atoms with Crippen LogP contribution in [-0.4, -0.2) is 10.8 Å². The summed E-state index contributed by atoms with van der Waals surface area (Å²) >= 11 is 3.56. The molecule has 0 saturated heterocycles. The fourth-order valence-corrected chi connectivity index (χ4v) is 8.80. The highest BCUT2D eigenvalue weighted by Crippen LogP contribution is 2.42. The number of nitrogens with zero attached hydrogens (tertiary/aromatic N) is 1. The number of thioether (sulfide) groups is 1. The van der Waals surface area contributed by atoms with Crippen LogP contribution >= 0.6 is 23.5 Å². The van der Waals surface area contributed by atoms with Crippen LogP contribution in [0.3, 0.4) is 0 Å². The predicted octanol–water partition coefficient (Wildman–Crippen LogP) is 13.5. The van der Waals surface area contributed by atoms with E-state index >= 15 is 0 Å². The molecule has 8 aromatic carbocycles. The van der Waals surface area contributed by atoms with E-state index in [0.717, 1.165) is 10.6 Å². The molecule has 1 heterocycles. The maximum Gasteiger partial charge on any atom is 0.0552 e. The first kappa shape index (κ1) is 32.8. The zero-order valence-corrected chi connectivity index (χ0v) is 30.6. The van der Waals surface area contributed by atoms with E-state index in [2.05, 4.69) is 188 Å². The van der Waals surface area contributed by atoms with E-state index in [-0.39, 0.29) is 0 Å². The molecule has 4 heteroatoms. The van der Waals surface area contributed by atoms with Gasteiger partial charge in [0.05, 0.1) is 11.0 Å². The number of aromatic nitrogens is 1. The highest BCUT2D eigenvalue weighted by molar-refractivity contribution is 7.99. The molecule has 0 amide bonds. The average molecular weight is 695 g/mol. The predicted molar refractivity (Wildman–Crippen MR) is 224 cm³/mol. The third-order valence-corrected chi connectivity index (χ3v) is 11.6. The van der Waals surface area contributed by atoms with Crippen LogP contribution in [0.1, 0.15) is 11.1 Å². The molecule has 0 spiro atoms. The van der Waals surface area contributed by atoms with Crippen molar-refractivity contribution >= 4 is 72.6 Å². The molecule has 0 aliphatic carbocycles. The molecule has 0 bridgehead atoms. The summed E-state index contributed by atoms with van der Waals surface area (Å²) in [6.45, 7) is 4.34. The molecule has 2 N–H and O–H groups in total. The van der Waals surface area contributed by atoms with Gasteiger partial charge in [0.15, 0.2) is 0 Å². The Hall–Kier alpha value is -5.42. The molecule has 9 aromatic rings. The van der Waals surface area contributed by atoms with Gasteiger partial charge in [-0.25, -0.2) is 0 Å². The van der Waals surface area contributed by atoms with Crippen LogP contribution in [0.15, 0.2) is 178 Å². The van der Waals surface area contributed by atoms with Crippen molar-refractivity contribution in [1.82, 2.24) is 4.57 Å². The molecule has 248 valence electrons. The summed E-state index contributed by atoms with van der Waals surface area (Å²) in [4.78, 5) is 3.76. The van der Waals surface area contributed by atoms with E-state index in [1.54, 1.807) is 11.8 Å². The van der Waals surface area contributed by atoms with E-state index in [4.69, 9.17) is 5.73 Å². The van der Waals surface area contributed by atoms with Crippen LogP contribution in [0, 0.1) is 13.8 Å². The highest BCUT2D eigenvalue weighted by atomic mass is 32.2. The first-order chi connectivity index (χ1) is 25.0. The van der Waals surface area contributed by atoms with Gasteiger partial charge in [0, 0.05) is 36.8 Å². The lowest BCUT2D eigenvalue weighted by atomic mass is 9.95. The zero-order chi connectivity index (χ0) is 34.9. The Morgan fingerprint density at radius 3 is 1.96 bits per heavy atom. The van der Waals surface area contributed by atoms with Crippen molar-refractivity contribution in [3.63, 3.8) is 0 Å². The summed E-state index contributed by atoms with van der Waals surface area (Å²) in [6.07, 6.45) is 2.08. The maximum atomic E-state index is 6.33. The summed E-state index contributed by atoms with van der Waals surface area (Å²) in [5.41, 5.74) is 15.9. The molecule has 0 atom stereocenters. The highest BCUT2D eigenvalue weighted by Gasteiger charge is 2.17. The minimum Gasteiger partial charge on any atom is -0.398 e. The van der Waals surface area contributed by atoms with Crippen molar-refractivity contribution in [2.45, 2.75) is 28.5 Å². The van der Waals surface area contributed by atoms with Crippen LogP contribution in [0.5, 0.6) is 0 Å². The Bertz CT molecular complexity index is 2670. The number of aryl methyl sites for hydroxylation is 2. The summed E-state index contributed by atoms with van der Waals surface area (Å²) in [7, 11) is 0. The molecule has 0 fully saturated rings. The quantitative estimate of drug-likeness (QED) is 0.144. The molecule has 0 aliphatic rings. The summed E-state index contributed by atoms with van der Waals surface area (Å²) in [5, 5.41) is 7.63. The van der Waals surface area contributed by atoms with E-state index in [1.807, 2.05) is 11.8 Å². The van der Waals surface area contributed by atoms with Crippen molar-refractivity contribution in [1.29, 1.82) is 0 Å². The smallest absolute Gasteiger partial charge is 0.0552 e. The average Bonchev–Trinajstić information content (AvgIpc) is 3.51. The van der Waals surface area contributed by atoms with E-state index in [0.29, 0.717) is 0 Å². The SMILES string of the molecule is CSc1c(N)cc(-c2ccc3ccccc3c2)c2ccccc12.Cc1ccc(-n2c3ccccc3c3c(Sc4ccccc4)c(C)ccc32)cc1. The molecule has 9 rings (SSSR count). The van der Waals surface area contributed by atoms with Crippen LogP contribution in [0.4, 0.5) is 5.69 Å². The molecule has 0 aliphatic heterocycles. The van der Waals surface area contributed by atoms with Gasteiger partial charge in [-0.15, -0.1) is 11.8 Å². The van der Waals surface area contributed by atoms with Crippen molar-refractivity contribution < 1.29 is 0 Å². The monoisotopic (exact) mass is 694 g/mol. The van der Waals surface area contributed by atoms with Gasteiger partial charge >= 0.3 is 0 Å². The minimum absolute atomic E-state index is 0.847. The Morgan fingerprint density at radius 2 is 1.20 bits per heavy atom. The lowest BCUT2D eigenvalue weighted by Gasteiger charge is -2.13. The second-order valence-corrected chi connectivity index (χ2v) is 14.8. The largest absolute Gasteiger partial charge is 0.398 e.